The van der Waals surface area contributed by atoms with Crippen LogP contribution < -0.4 is 5.32 Å². The van der Waals surface area contributed by atoms with Crippen LogP contribution in [0.25, 0.3) is 0 Å². The molecule has 90 valence electrons. The van der Waals surface area contributed by atoms with Crippen LogP contribution in [0.1, 0.15) is 33.6 Å². The Hall–Kier alpha value is -0.120. The molecule has 15 heavy (non-hydrogen) atoms. The second kappa shape index (κ2) is 6.46. The van der Waals surface area contributed by atoms with Gasteiger partial charge in [0.25, 0.3) is 0 Å². The van der Waals surface area contributed by atoms with E-state index in [1.807, 2.05) is 0 Å². The molecule has 0 aromatic heterocycles. The van der Waals surface area contributed by atoms with Gasteiger partial charge in [-0.25, -0.2) is 0 Å². The maximum Gasteiger partial charge on any atom is 0.0791 e. The van der Waals surface area contributed by atoms with Gasteiger partial charge in [-0.15, -0.1) is 0 Å². The van der Waals surface area contributed by atoms with Crippen molar-refractivity contribution in [2.24, 2.45) is 5.92 Å². The number of hydrogen-bond donors (Lipinski definition) is 2. The van der Waals surface area contributed by atoms with Crippen LogP contribution in [-0.4, -0.2) is 48.3 Å². The predicted octanol–water partition coefficient (Wildman–Crippen LogP) is 1.08. The normalized spacial score (nSPS) is 30.4. The largest absolute Gasteiger partial charge is 0.390 e. The van der Waals surface area contributed by atoms with E-state index in [2.05, 4.69) is 31.0 Å². The molecule has 1 saturated heterocycles. The number of β-amino-alcohol motifs (C(OH)–C–C–N with tert-alkyl or cyclic N) is 1. The van der Waals surface area contributed by atoms with Gasteiger partial charge in [-0.1, -0.05) is 13.8 Å². The van der Waals surface area contributed by atoms with Crippen molar-refractivity contribution in [2.75, 3.05) is 26.2 Å². The highest BCUT2D eigenvalue weighted by Gasteiger charge is 2.25. The number of hydrogen-bond acceptors (Lipinski definition) is 3. The molecule has 3 nitrogen and oxygen atoms in total. The first-order chi connectivity index (χ1) is 7.15. The fraction of sp³-hybridized carbons (Fsp3) is 1.00. The highest BCUT2D eigenvalue weighted by molar-refractivity contribution is 4.80. The number of nitrogens with one attached hydrogen (secondary N) is 1. The Balaban J connectivity index is 2.29. The molecule has 3 atom stereocenters. The van der Waals surface area contributed by atoms with Gasteiger partial charge in [0.1, 0.15) is 0 Å². The van der Waals surface area contributed by atoms with Crippen LogP contribution in [0.2, 0.25) is 0 Å². The molecule has 0 aromatic rings. The molecule has 3 unspecified atom stereocenters. The molecule has 2 N–H and O–H groups in total. The molecule has 1 aliphatic rings. The second-order valence-electron chi connectivity index (χ2n) is 4.82. The lowest BCUT2D eigenvalue weighted by atomic mass is 9.92. The Morgan fingerprint density at radius 3 is 2.87 bits per heavy atom. The SMILES string of the molecule is CCNCC(O)CN1CCCC(C)C1C. The van der Waals surface area contributed by atoms with E-state index in [1.54, 1.807) is 0 Å². The third-order valence-electron chi connectivity index (χ3n) is 3.58. The van der Waals surface area contributed by atoms with E-state index >= 15 is 0 Å². The minimum Gasteiger partial charge on any atom is -0.390 e. The third-order valence-corrected chi connectivity index (χ3v) is 3.58. The van der Waals surface area contributed by atoms with E-state index in [9.17, 15) is 5.11 Å². The fourth-order valence-electron chi connectivity index (χ4n) is 2.32. The standard InChI is InChI=1S/C12H26N2O/c1-4-13-8-12(15)9-14-7-5-6-10(2)11(14)3/h10-13,15H,4-9H2,1-3H3. The van der Waals surface area contributed by atoms with Crippen molar-refractivity contribution in [1.29, 1.82) is 0 Å². The number of rotatable bonds is 5. The Labute approximate surface area is 93.9 Å². The van der Waals surface area contributed by atoms with Crippen molar-refractivity contribution < 1.29 is 5.11 Å². The van der Waals surface area contributed by atoms with E-state index < -0.39 is 0 Å². The van der Waals surface area contributed by atoms with Crippen LogP contribution in [0.5, 0.6) is 0 Å². The van der Waals surface area contributed by atoms with Crippen LogP contribution in [0.4, 0.5) is 0 Å². The number of likely N-dealkylation sites (tertiary alicyclic amines) is 1. The van der Waals surface area contributed by atoms with Gasteiger partial charge in [0.05, 0.1) is 6.10 Å². The first-order valence-electron chi connectivity index (χ1n) is 6.28. The first-order valence-corrected chi connectivity index (χ1v) is 6.28. The number of aliphatic hydroxyl groups excluding tert-OH is 1. The predicted molar refractivity (Wildman–Crippen MR) is 64.0 cm³/mol. The molecule has 1 aliphatic heterocycles. The summed E-state index contributed by atoms with van der Waals surface area (Å²) >= 11 is 0. The molecule has 1 rings (SSSR count). The van der Waals surface area contributed by atoms with Crippen LogP contribution in [0.15, 0.2) is 0 Å². The molecule has 0 amide bonds. The van der Waals surface area contributed by atoms with Crippen LogP contribution in [0, 0.1) is 5.92 Å². The average molecular weight is 214 g/mol. The van der Waals surface area contributed by atoms with Crippen molar-refractivity contribution in [2.45, 2.75) is 45.8 Å². The monoisotopic (exact) mass is 214 g/mol. The van der Waals surface area contributed by atoms with E-state index in [-0.39, 0.29) is 6.10 Å². The van der Waals surface area contributed by atoms with Crippen LogP contribution in [0.3, 0.4) is 0 Å². The van der Waals surface area contributed by atoms with Crippen molar-refractivity contribution in [1.82, 2.24) is 10.2 Å². The molecule has 0 spiro atoms. The summed E-state index contributed by atoms with van der Waals surface area (Å²) in [4.78, 5) is 2.43. The Kier molecular flexibility index (Phi) is 5.58. The molecule has 0 radical (unpaired) electrons. The van der Waals surface area contributed by atoms with Crippen LogP contribution >= 0.6 is 0 Å². The summed E-state index contributed by atoms with van der Waals surface area (Å²) in [7, 11) is 0. The quantitative estimate of drug-likeness (QED) is 0.719. The molecular formula is C12H26N2O. The van der Waals surface area contributed by atoms with Gasteiger partial charge in [0.15, 0.2) is 0 Å². The van der Waals surface area contributed by atoms with Gasteiger partial charge >= 0.3 is 0 Å². The summed E-state index contributed by atoms with van der Waals surface area (Å²) < 4.78 is 0. The van der Waals surface area contributed by atoms with Gasteiger partial charge in [0, 0.05) is 19.1 Å². The van der Waals surface area contributed by atoms with Gasteiger partial charge in [-0.05, 0) is 38.8 Å². The third kappa shape index (κ3) is 4.09. The zero-order valence-electron chi connectivity index (χ0n) is 10.4. The van der Waals surface area contributed by atoms with Gasteiger partial charge in [-0.3, -0.25) is 4.90 Å². The number of piperidine rings is 1. The van der Waals surface area contributed by atoms with E-state index in [4.69, 9.17) is 0 Å². The first kappa shape index (κ1) is 12.9. The van der Waals surface area contributed by atoms with E-state index in [1.165, 1.54) is 12.8 Å². The molecule has 0 aromatic carbocycles. The highest BCUT2D eigenvalue weighted by atomic mass is 16.3. The lowest BCUT2D eigenvalue weighted by Gasteiger charge is -2.38. The summed E-state index contributed by atoms with van der Waals surface area (Å²) in [6, 6.07) is 0.620. The summed E-state index contributed by atoms with van der Waals surface area (Å²) in [6.07, 6.45) is 2.39. The second-order valence-corrected chi connectivity index (χ2v) is 4.82. The molecule has 0 aliphatic carbocycles. The Bertz CT molecular complexity index is 175. The van der Waals surface area contributed by atoms with Crippen LogP contribution in [-0.2, 0) is 0 Å². The van der Waals surface area contributed by atoms with Crippen molar-refractivity contribution >= 4 is 0 Å². The van der Waals surface area contributed by atoms with Crippen molar-refractivity contribution in [3.05, 3.63) is 0 Å². The molecular weight excluding hydrogens is 188 g/mol. The van der Waals surface area contributed by atoms with Crippen molar-refractivity contribution in [3.8, 4) is 0 Å². The highest BCUT2D eigenvalue weighted by Crippen LogP contribution is 2.22. The summed E-state index contributed by atoms with van der Waals surface area (Å²) in [6.45, 7) is 10.3. The summed E-state index contributed by atoms with van der Waals surface area (Å²) in [5, 5.41) is 13.0. The molecule has 1 heterocycles. The number of aliphatic hydroxyl groups is 1. The van der Waals surface area contributed by atoms with Crippen molar-refractivity contribution in [3.63, 3.8) is 0 Å². The molecule has 3 heteroatoms. The number of nitrogens with zero attached hydrogens (tertiary/aromatic N) is 1. The molecule has 1 fully saturated rings. The summed E-state index contributed by atoms with van der Waals surface area (Å²) in [5.74, 6) is 0.769. The van der Waals surface area contributed by atoms with Gasteiger partial charge < -0.3 is 10.4 Å². The van der Waals surface area contributed by atoms with E-state index in [0.29, 0.717) is 12.6 Å². The van der Waals surface area contributed by atoms with E-state index in [0.717, 1.165) is 25.6 Å². The lowest BCUT2D eigenvalue weighted by molar-refractivity contribution is 0.0520. The smallest absolute Gasteiger partial charge is 0.0791 e. The maximum absolute atomic E-state index is 9.83. The zero-order valence-corrected chi connectivity index (χ0v) is 10.4. The fourth-order valence-corrected chi connectivity index (χ4v) is 2.32. The summed E-state index contributed by atoms with van der Waals surface area (Å²) in [5.41, 5.74) is 0. The minimum atomic E-state index is -0.224. The molecule has 0 saturated carbocycles. The topological polar surface area (TPSA) is 35.5 Å². The molecule has 0 bridgehead atoms. The van der Waals surface area contributed by atoms with Gasteiger partial charge in [0.2, 0.25) is 0 Å². The Morgan fingerprint density at radius 2 is 2.20 bits per heavy atom. The number of likely N-dealkylation sites (N-methyl/N-ethyl adjacent to an activating group) is 1. The maximum atomic E-state index is 9.83. The van der Waals surface area contributed by atoms with Gasteiger partial charge in [-0.2, -0.15) is 0 Å². The Morgan fingerprint density at radius 1 is 1.47 bits per heavy atom. The minimum absolute atomic E-state index is 0.224. The average Bonchev–Trinajstić information content (AvgIpc) is 2.22. The lowest BCUT2D eigenvalue weighted by Crippen LogP contribution is -2.47. The zero-order chi connectivity index (χ0) is 11.3.